The van der Waals surface area contributed by atoms with Crippen molar-refractivity contribution in [1.82, 2.24) is 0 Å². The van der Waals surface area contributed by atoms with Crippen LogP contribution in [0.1, 0.15) is 37.0 Å². The maximum atomic E-state index is 13.9. The number of aliphatic hydroxyl groups is 1. The Hall–Kier alpha value is -1.53. The lowest BCUT2D eigenvalue weighted by Gasteiger charge is -2.39. The second-order valence-corrected chi connectivity index (χ2v) is 7.77. The van der Waals surface area contributed by atoms with Crippen LogP contribution in [0.4, 0.5) is 22.0 Å². The largest absolute Gasteiger partial charge is 0.490 e. The van der Waals surface area contributed by atoms with Gasteiger partial charge in [0.2, 0.25) is 0 Å². The van der Waals surface area contributed by atoms with Crippen molar-refractivity contribution in [2.45, 2.75) is 54.7 Å². The Morgan fingerprint density at radius 1 is 1.32 bits per heavy atom. The first-order chi connectivity index (χ1) is 11.4. The van der Waals surface area contributed by atoms with Gasteiger partial charge in [-0.1, -0.05) is 0 Å². The summed E-state index contributed by atoms with van der Waals surface area (Å²) < 4.78 is 71.4. The Kier molecular flexibility index (Phi) is 4.20. The van der Waals surface area contributed by atoms with Gasteiger partial charge in [-0.3, -0.25) is 0 Å². The van der Waals surface area contributed by atoms with Gasteiger partial charge in [-0.15, -0.1) is 0 Å². The second kappa shape index (κ2) is 5.74. The Labute approximate surface area is 144 Å². The Morgan fingerprint density at radius 3 is 2.52 bits per heavy atom. The first-order valence-corrected chi connectivity index (χ1v) is 8.31. The summed E-state index contributed by atoms with van der Waals surface area (Å²) in [7, 11) is 0. The molecule has 1 aromatic carbocycles. The van der Waals surface area contributed by atoms with Gasteiger partial charge in [0.05, 0.1) is 11.5 Å². The summed E-state index contributed by atoms with van der Waals surface area (Å²) in [6, 6.07) is 4.40. The van der Waals surface area contributed by atoms with E-state index in [0.29, 0.717) is 12.8 Å². The van der Waals surface area contributed by atoms with Gasteiger partial charge in [-0.2, -0.15) is 18.4 Å². The lowest BCUT2D eigenvalue weighted by molar-refractivity contribution is -0.0978. The quantitative estimate of drug-likeness (QED) is 0.616. The molecule has 0 radical (unpaired) electrons. The predicted octanol–water partition coefficient (Wildman–Crippen LogP) is 4.59. The molecule has 0 aliphatic heterocycles. The van der Waals surface area contributed by atoms with Gasteiger partial charge in [0.15, 0.2) is 0 Å². The van der Waals surface area contributed by atoms with Crippen molar-refractivity contribution < 1.29 is 31.8 Å². The average Bonchev–Trinajstić information content (AvgIpc) is 2.69. The topological polar surface area (TPSA) is 53.2 Å². The molecular weight excluding hydrogens is 365 g/mol. The van der Waals surface area contributed by atoms with Crippen molar-refractivity contribution in [2.24, 2.45) is 5.41 Å². The van der Waals surface area contributed by atoms with Gasteiger partial charge in [-0.25, -0.2) is 8.78 Å². The number of nitrogens with zero attached hydrogens (tertiary/aromatic N) is 1. The van der Waals surface area contributed by atoms with E-state index in [2.05, 4.69) is 6.07 Å². The zero-order valence-corrected chi connectivity index (χ0v) is 13.8. The van der Waals surface area contributed by atoms with Crippen LogP contribution in [0.2, 0.25) is 0 Å². The molecule has 0 aromatic heterocycles. The van der Waals surface area contributed by atoms with Crippen LogP contribution < -0.4 is 4.74 Å². The average molecular weight is 379 g/mol. The number of fused-ring (bicyclic) bond motifs is 1. The summed E-state index contributed by atoms with van der Waals surface area (Å²) in [6.45, 7) is 1.75. The Bertz CT molecular complexity index is 737. The van der Waals surface area contributed by atoms with Crippen molar-refractivity contribution in [3.8, 4) is 11.8 Å². The molecule has 25 heavy (non-hydrogen) atoms. The smallest absolute Gasteiger partial charge is 0.446 e. The number of nitriles is 1. The van der Waals surface area contributed by atoms with E-state index in [1.807, 2.05) is 0 Å². The number of ether oxygens (including phenoxy) is 1. The highest BCUT2D eigenvalue weighted by atomic mass is 32.2. The molecule has 0 saturated heterocycles. The number of halogens is 5. The van der Waals surface area contributed by atoms with Crippen LogP contribution in [-0.4, -0.2) is 22.6 Å². The third kappa shape index (κ3) is 3.42. The van der Waals surface area contributed by atoms with Crippen molar-refractivity contribution >= 4 is 11.8 Å². The van der Waals surface area contributed by atoms with Crippen molar-refractivity contribution in [2.75, 3.05) is 0 Å². The number of thioether (sulfide) groups is 1. The van der Waals surface area contributed by atoms with Gasteiger partial charge in [0, 0.05) is 35.3 Å². The number of benzene rings is 1. The fourth-order valence-electron chi connectivity index (χ4n) is 3.27. The normalized spacial score (nSPS) is 30.3. The van der Waals surface area contributed by atoms with Crippen molar-refractivity contribution in [1.29, 1.82) is 5.26 Å². The van der Waals surface area contributed by atoms with Gasteiger partial charge in [0.25, 0.3) is 5.92 Å². The minimum Gasteiger partial charge on any atom is -0.490 e. The molecule has 1 N–H and O–H groups in total. The number of rotatable bonds is 3. The fourth-order valence-corrected chi connectivity index (χ4v) is 4.00. The highest BCUT2D eigenvalue weighted by molar-refractivity contribution is 8.00. The minimum atomic E-state index is -4.66. The van der Waals surface area contributed by atoms with E-state index in [0.717, 1.165) is 6.07 Å². The zero-order chi connectivity index (χ0) is 18.6. The van der Waals surface area contributed by atoms with E-state index >= 15 is 0 Å². The lowest BCUT2D eigenvalue weighted by atomic mass is 9.69. The summed E-state index contributed by atoms with van der Waals surface area (Å²) in [5.74, 6) is -3.51. The van der Waals surface area contributed by atoms with Crippen LogP contribution in [0.3, 0.4) is 0 Å². The van der Waals surface area contributed by atoms with Crippen molar-refractivity contribution in [3.05, 3.63) is 23.3 Å². The molecule has 2 aliphatic carbocycles. The lowest BCUT2D eigenvalue weighted by Crippen LogP contribution is -2.41. The molecule has 136 valence electrons. The maximum absolute atomic E-state index is 13.9. The maximum Gasteiger partial charge on any atom is 0.446 e. The molecule has 3 nitrogen and oxygen atoms in total. The number of alkyl halides is 5. The standard InChI is InChI=1S/C16H14F5NO2S/c1-14(7-22)4-8(5-14)24-10-2-3-11(25-16(19,20)21)12-9(10)6-15(17,18)13(12)23/h2-3,8,13,23H,4-6H2,1H3/t8?,13-,14?/m0/s1. The molecule has 3 rings (SSSR count). The minimum absolute atomic E-state index is 0.0442. The molecule has 0 bridgehead atoms. The molecule has 0 heterocycles. The summed E-state index contributed by atoms with van der Waals surface area (Å²) >= 11 is -0.531. The van der Waals surface area contributed by atoms with Crippen LogP contribution >= 0.6 is 11.8 Å². The Morgan fingerprint density at radius 2 is 1.96 bits per heavy atom. The molecule has 1 saturated carbocycles. The van der Waals surface area contributed by atoms with Crippen LogP contribution in [0.5, 0.6) is 5.75 Å². The molecule has 9 heteroatoms. The number of aliphatic hydroxyl groups excluding tert-OH is 1. The van der Waals surface area contributed by atoms with Crippen molar-refractivity contribution in [3.63, 3.8) is 0 Å². The first-order valence-electron chi connectivity index (χ1n) is 7.49. The summed E-state index contributed by atoms with van der Waals surface area (Å²) in [4.78, 5) is -0.449. The van der Waals surface area contributed by atoms with Crippen LogP contribution in [0.25, 0.3) is 0 Å². The third-order valence-corrected chi connectivity index (χ3v) is 5.31. The molecule has 0 unspecified atom stereocenters. The van der Waals surface area contributed by atoms with Crippen LogP contribution in [0, 0.1) is 16.7 Å². The van der Waals surface area contributed by atoms with Crippen LogP contribution in [0.15, 0.2) is 17.0 Å². The van der Waals surface area contributed by atoms with E-state index in [4.69, 9.17) is 10.00 Å². The molecule has 1 aromatic rings. The van der Waals surface area contributed by atoms with E-state index in [-0.39, 0.29) is 17.4 Å². The number of hydrogen-bond acceptors (Lipinski definition) is 4. The fraction of sp³-hybridized carbons (Fsp3) is 0.562. The van der Waals surface area contributed by atoms with E-state index in [9.17, 15) is 27.1 Å². The monoisotopic (exact) mass is 379 g/mol. The summed E-state index contributed by atoms with van der Waals surface area (Å²) in [5.41, 5.74) is -5.72. The van der Waals surface area contributed by atoms with Crippen LogP contribution in [-0.2, 0) is 6.42 Å². The highest BCUT2D eigenvalue weighted by Gasteiger charge is 2.51. The predicted molar refractivity (Wildman–Crippen MR) is 79.3 cm³/mol. The first kappa shape index (κ1) is 18.3. The SMILES string of the molecule is CC1(C#N)CC(Oc2ccc(SC(F)(F)F)c3c2CC(F)(F)[C@H]3O)C1. The molecule has 2 aliphatic rings. The van der Waals surface area contributed by atoms with Gasteiger partial charge < -0.3 is 9.84 Å². The van der Waals surface area contributed by atoms with E-state index < -0.39 is 51.6 Å². The third-order valence-electron chi connectivity index (χ3n) is 4.51. The molecule has 0 spiro atoms. The van der Waals surface area contributed by atoms with Gasteiger partial charge in [0.1, 0.15) is 18.0 Å². The van der Waals surface area contributed by atoms with E-state index in [1.165, 1.54) is 6.07 Å². The van der Waals surface area contributed by atoms with Gasteiger partial charge >= 0.3 is 5.51 Å². The highest BCUT2D eigenvalue weighted by Crippen LogP contribution is 2.53. The summed E-state index contributed by atoms with van der Waals surface area (Å²) in [6.07, 6.45) is -2.72. The molecular formula is C16H14F5NO2S. The molecule has 0 amide bonds. The zero-order valence-electron chi connectivity index (χ0n) is 13.0. The molecule has 1 atom stereocenters. The Balaban J connectivity index is 1.91. The summed E-state index contributed by atoms with van der Waals surface area (Å²) in [5, 5.41) is 18.8. The van der Waals surface area contributed by atoms with Gasteiger partial charge in [-0.05, 0) is 30.8 Å². The molecule has 1 fully saturated rings. The van der Waals surface area contributed by atoms with E-state index in [1.54, 1.807) is 6.92 Å². The second-order valence-electron chi connectivity index (χ2n) is 6.66. The number of hydrogen-bond donors (Lipinski definition) is 1.